The van der Waals surface area contributed by atoms with Gasteiger partial charge in [0.15, 0.2) is 0 Å². The number of carbonyl (C=O) groups excluding carboxylic acids is 1. The minimum Gasteiger partial charge on any atom is -0.459 e. The van der Waals surface area contributed by atoms with Crippen molar-refractivity contribution in [2.24, 2.45) is 0 Å². The number of rotatable bonds is 2. The van der Waals surface area contributed by atoms with Crippen LogP contribution in [-0.4, -0.2) is 15.4 Å². The fraction of sp³-hybridized carbons (Fsp3) is 0.250. The molecule has 0 amide bonds. The van der Waals surface area contributed by atoms with Crippen LogP contribution in [0.1, 0.15) is 18.2 Å². The van der Waals surface area contributed by atoms with Crippen molar-refractivity contribution in [2.45, 2.75) is 20.5 Å². The van der Waals surface area contributed by atoms with Crippen molar-refractivity contribution in [1.82, 2.24) is 9.38 Å². The topological polar surface area (TPSA) is 60.7 Å². The van der Waals surface area contributed by atoms with E-state index < -0.39 is 0 Å². The zero-order valence-corrected chi connectivity index (χ0v) is 9.64. The molecule has 2 rings (SSSR count). The molecule has 0 N–H and O–H groups in total. The minimum absolute atomic E-state index is 0.0296. The lowest BCUT2D eigenvalue weighted by Crippen LogP contribution is -2.20. The monoisotopic (exact) mass is 232 g/mol. The molecule has 0 spiro atoms. The molecule has 2 aromatic rings. The number of hydrogen-bond donors (Lipinski definition) is 0. The molecule has 0 aliphatic carbocycles. The van der Waals surface area contributed by atoms with Gasteiger partial charge >= 0.3 is 5.97 Å². The lowest BCUT2D eigenvalue weighted by molar-refractivity contribution is -0.142. The molecule has 2 aromatic heterocycles. The van der Waals surface area contributed by atoms with Gasteiger partial charge in [-0.05, 0) is 19.1 Å². The maximum Gasteiger partial charge on any atom is 0.303 e. The number of carbonyl (C=O) groups is 1. The molecule has 17 heavy (non-hydrogen) atoms. The van der Waals surface area contributed by atoms with E-state index in [0.29, 0.717) is 16.9 Å². The summed E-state index contributed by atoms with van der Waals surface area (Å²) in [5.74, 6) is -0.389. The van der Waals surface area contributed by atoms with Crippen molar-refractivity contribution in [2.75, 3.05) is 0 Å². The van der Waals surface area contributed by atoms with E-state index in [4.69, 9.17) is 4.74 Å². The normalized spacial score (nSPS) is 10.5. The number of pyridine rings is 1. The maximum absolute atomic E-state index is 12.0. The number of fused-ring (bicyclic) bond motifs is 1. The van der Waals surface area contributed by atoms with E-state index in [1.165, 1.54) is 11.3 Å². The second-order valence-corrected chi connectivity index (χ2v) is 3.70. The molecule has 0 saturated heterocycles. The zero-order chi connectivity index (χ0) is 12.4. The van der Waals surface area contributed by atoms with Crippen molar-refractivity contribution in [3.05, 3.63) is 46.0 Å². The van der Waals surface area contributed by atoms with E-state index in [1.54, 1.807) is 31.3 Å². The Kier molecular flexibility index (Phi) is 2.91. The first kappa shape index (κ1) is 11.3. The second-order valence-electron chi connectivity index (χ2n) is 3.70. The third-order valence-electron chi connectivity index (χ3n) is 2.47. The van der Waals surface area contributed by atoms with Gasteiger partial charge in [0, 0.05) is 18.7 Å². The Bertz CT molecular complexity index is 631. The fourth-order valence-electron chi connectivity index (χ4n) is 1.53. The van der Waals surface area contributed by atoms with E-state index in [0.717, 1.165) is 0 Å². The molecule has 0 unspecified atom stereocenters. The number of nitrogens with zero attached hydrogens (tertiary/aromatic N) is 2. The molecule has 0 aliphatic rings. The minimum atomic E-state index is -0.389. The Morgan fingerprint density at radius 3 is 2.94 bits per heavy atom. The fourth-order valence-corrected chi connectivity index (χ4v) is 1.53. The third-order valence-corrected chi connectivity index (χ3v) is 2.47. The standard InChI is InChI=1S/C12H12N2O3/c1-8-10(7-17-9(2)15)13-11-5-3-4-6-14(11)12(8)16/h3-6H,7H2,1-2H3. The summed E-state index contributed by atoms with van der Waals surface area (Å²) in [6, 6.07) is 5.30. The highest BCUT2D eigenvalue weighted by Crippen LogP contribution is 2.05. The van der Waals surface area contributed by atoms with Gasteiger partial charge in [0.1, 0.15) is 12.3 Å². The Hall–Kier alpha value is -2.17. The average molecular weight is 232 g/mol. The SMILES string of the molecule is CC(=O)OCc1nc2ccccn2c(=O)c1C. The van der Waals surface area contributed by atoms with Gasteiger partial charge in [0.05, 0.1) is 5.69 Å². The van der Waals surface area contributed by atoms with Gasteiger partial charge in [-0.2, -0.15) is 0 Å². The van der Waals surface area contributed by atoms with Gasteiger partial charge in [-0.1, -0.05) is 6.07 Å². The van der Waals surface area contributed by atoms with Crippen LogP contribution in [0.5, 0.6) is 0 Å². The number of aromatic nitrogens is 2. The first-order valence-corrected chi connectivity index (χ1v) is 5.20. The summed E-state index contributed by atoms with van der Waals surface area (Å²) >= 11 is 0. The number of esters is 1. The van der Waals surface area contributed by atoms with Crippen molar-refractivity contribution in [3.8, 4) is 0 Å². The molecule has 0 aromatic carbocycles. The van der Waals surface area contributed by atoms with Gasteiger partial charge in [-0.3, -0.25) is 14.0 Å². The van der Waals surface area contributed by atoms with E-state index >= 15 is 0 Å². The van der Waals surface area contributed by atoms with Crippen LogP contribution in [0.2, 0.25) is 0 Å². The molecular formula is C12H12N2O3. The van der Waals surface area contributed by atoms with E-state index in [2.05, 4.69) is 4.98 Å². The number of ether oxygens (including phenoxy) is 1. The molecule has 5 nitrogen and oxygen atoms in total. The summed E-state index contributed by atoms with van der Waals surface area (Å²) in [6.07, 6.45) is 1.66. The molecule has 5 heteroatoms. The smallest absolute Gasteiger partial charge is 0.303 e. The van der Waals surface area contributed by atoms with E-state index in [9.17, 15) is 9.59 Å². The first-order chi connectivity index (χ1) is 8.09. The largest absolute Gasteiger partial charge is 0.459 e. The molecule has 0 atom stereocenters. The van der Waals surface area contributed by atoms with Crippen LogP contribution in [0.4, 0.5) is 0 Å². The van der Waals surface area contributed by atoms with Crippen molar-refractivity contribution in [3.63, 3.8) is 0 Å². The summed E-state index contributed by atoms with van der Waals surface area (Å²) in [6.45, 7) is 3.03. The highest BCUT2D eigenvalue weighted by atomic mass is 16.5. The lowest BCUT2D eigenvalue weighted by Gasteiger charge is -2.07. The summed E-state index contributed by atoms with van der Waals surface area (Å²) in [5, 5.41) is 0. The van der Waals surface area contributed by atoms with Crippen molar-refractivity contribution >= 4 is 11.6 Å². The summed E-state index contributed by atoms with van der Waals surface area (Å²) in [7, 11) is 0. The lowest BCUT2D eigenvalue weighted by atomic mass is 10.2. The van der Waals surface area contributed by atoms with Crippen LogP contribution >= 0.6 is 0 Å². The molecule has 0 radical (unpaired) electrons. The first-order valence-electron chi connectivity index (χ1n) is 5.20. The zero-order valence-electron chi connectivity index (χ0n) is 9.64. The highest BCUT2D eigenvalue weighted by molar-refractivity contribution is 5.65. The van der Waals surface area contributed by atoms with Gasteiger partial charge < -0.3 is 4.74 Å². The molecule has 2 heterocycles. The highest BCUT2D eigenvalue weighted by Gasteiger charge is 2.09. The Balaban J connectivity index is 2.54. The van der Waals surface area contributed by atoms with Crippen LogP contribution < -0.4 is 5.56 Å². The van der Waals surface area contributed by atoms with Gasteiger partial charge in [-0.25, -0.2) is 4.98 Å². The Morgan fingerprint density at radius 1 is 1.47 bits per heavy atom. The quantitative estimate of drug-likeness (QED) is 0.726. The molecule has 0 fully saturated rings. The Morgan fingerprint density at radius 2 is 2.24 bits per heavy atom. The van der Waals surface area contributed by atoms with Crippen molar-refractivity contribution < 1.29 is 9.53 Å². The second kappa shape index (κ2) is 4.37. The summed E-state index contributed by atoms with van der Waals surface area (Å²) < 4.78 is 6.33. The summed E-state index contributed by atoms with van der Waals surface area (Å²) in [5.41, 5.74) is 1.40. The molecular weight excluding hydrogens is 220 g/mol. The number of hydrogen-bond acceptors (Lipinski definition) is 4. The van der Waals surface area contributed by atoms with Gasteiger partial charge in [0.2, 0.25) is 0 Å². The maximum atomic E-state index is 12.0. The molecule has 0 bridgehead atoms. The molecule has 0 saturated carbocycles. The van der Waals surface area contributed by atoms with Crippen LogP contribution in [-0.2, 0) is 16.1 Å². The average Bonchev–Trinajstić information content (AvgIpc) is 2.32. The van der Waals surface area contributed by atoms with Gasteiger partial charge in [-0.15, -0.1) is 0 Å². The van der Waals surface area contributed by atoms with Crippen molar-refractivity contribution in [1.29, 1.82) is 0 Å². The van der Waals surface area contributed by atoms with E-state index in [-0.39, 0.29) is 18.1 Å². The predicted octanol–water partition coefficient (Wildman–Crippen LogP) is 1.07. The van der Waals surface area contributed by atoms with Crippen LogP contribution in [0, 0.1) is 6.92 Å². The molecule has 0 aliphatic heterocycles. The van der Waals surface area contributed by atoms with Crippen LogP contribution in [0.3, 0.4) is 0 Å². The predicted molar refractivity (Wildman–Crippen MR) is 61.7 cm³/mol. The molecule has 88 valence electrons. The summed E-state index contributed by atoms with van der Waals surface area (Å²) in [4.78, 5) is 27.0. The Labute approximate surface area is 97.7 Å². The van der Waals surface area contributed by atoms with Gasteiger partial charge in [0.25, 0.3) is 5.56 Å². The third kappa shape index (κ3) is 2.18. The van der Waals surface area contributed by atoms with Crippen LogP contribution in [0.25, 0.3) is 5.65 Å². The van der Waals surface area contributed by atoms with Crippen LogP contribution in [0.15, 0.2) is 29.2 Å². The van der Waals surface area contributed by atoms with E-state index in [1.807, 2.05) is 0 Å².